The Balaban J connectivity index is 1.85. The molecule has 0 atom stereocenters. The van der Waals surface area contributed by atoms with Gasteiger partial charge in [0.15, 0.2) is 0 Å². The number of benzene rings is 2. The van der Waals surface area contributed by atoms with E-state index in [0.717, 1.165) is 6.26 Å². The molecule has 3 rings (SSSR count). The number of pyridine rings is 1. The minimum atomic E-state index is -3.15. The molecule has 150 valence electrons. The van der Waals surface area contributed by atoms with Crippen LogP contribution in [0.5, 0.6) is 11.5 Å². The zero-order valence-electron chi connectivity index (χ0n) is 15.6. The predicted octanol–water partition coefficient (Wildman–Crippen LogP) is 3.37. The maximum Gasteiger partial charge on any atom is 0.267 e. The third-order valence-corrected chi connectivity index (χ3v) is 5.04. The van der Waals surface area contributed by atoms with Gasteiger partial charge in [-0.3, -0.25) is 4.79 Å². The first kappa shape index (κ1) is 20.5. The monoisotopic (exact) mass is 414 g/mol. The predicted molar refractivity (Wildman–Crippen MR) is 108 cm³/mol. The van der Waals surface area contributed by atoms with Gasteiger partial charge in [-0.2, -0.15) is 0 Å². The number of ether oxygens (including phenoxy) is 1. The topological polar surface area (TPSA) is 99.3 Å². The van der Waals surface area contributed by atoms with E-state index >= 15 is 0 Å². The molecule has 0 aliphatic rings. The Morgan fingerprint density at radius 3 is 2.17 bits per heavy atom. The Kier molecular flexibility index (Phi) is 5.93. The largest absolute Gasteiger partial charge is 0.457 e. The van der Waals surface area contributed by atoms with E-state index in [9.17, 15) is 17.6 Å². The molecule has 2 aromatic carbocycles. The number of nitrogens with zero attached hydrogens (tertiary/aromatic N) is 1. The summed E-state index contributed by atoms with van der Waals surface area (Å²) >= 11 is 0. The molecule has 0 bridgehead atoms. The molecule has 1 heterocycles. The lowest BCUT2D eigenvalue weighted by molar-refractivity contribution is 0.0995. The van der Waals surface area contributed by atoms with Gasteiger partial charge in [0, 0.05) is 11.8 Å². The molecule has 1 aromatic heterocycles. The second-order valence-electron chi connectivity index (χ2n) is 6.57. The molecule has 0 fully saturated rings. The van der Waals surface area contributed by atoms with Gasteiger partial charge >= 0.3 is 0 Å². The minimum absolute atomic E-state index is 0.0426. The van der Waals surface area contributed by atoms with Crippen LogP contribution in [0.4, 0.5) is 4.39 Å². The number of nitrogens with two attached hydrogens (primary N) is 1. The Bertz CT molecular complexity index is 1130. The SMILES string of the molecule is CS(=O)(=O)CCc1cc(C(N)=O)nc(-c2ccc(Oc3ccc(F)cc3)cc2)c1. The molecule has 0 spiro atoms. The van der Waals surface area contributed by atoms with Gasteiger partial charge in [0.25, 0.3) is 5.91 Å². The van der Waals surface area contributed by atoms with Crippen molar-refractivity contribution in [2.24, 2.45) is 5.73 Å². The molecule has 3 aromatic rings. The maximum atomic E-state index is 13.0. The number of amides is 1. The smallest absolute Gasteiger partial charge is 0.267 e. The fourth-order valence-corrected chi connectivity index (χ4v) is 3.25. The molecule has 1 amide bonds. The van der Waals surface area contributed by atoms with Gasteiger partial charge in [-0.15, -0.1) is 0 Å². The lowest BCUT2D eigenvalue weighted by Crippen LogP contribution is -2.15. The standard InChI is InChI=1S/C21H19FN2O4S/c1-29(26,27)11-10-14-12-19(24-20(13-14)21(23)25)15-2-6-17(7-3-15)28-18-8-4-16(22)5-9-18/h2-9,12-13H,10-11H2,1H3,(H2,23,25). The van der Waals surface area contributed by atoms with Crippen LogP contribution in [-0.4, -0.2) is 31.3 Å². The lowest BCUT2D eigenvalue weighted by atomic mass is 10.1. The second kappa shape index (κ2) is 8.40. The molecule has 0 radical (unpaired) electrons. The first-order valence-corrected chi connectivity index (χ1v) is 10.8. The van der Waals surface area contributed by atoms with Crippen molar-refractivity contribution in [1.82, 2.24) is 4.98 Å². The molecule has 0 saturated carbocycles. The molecule has 0 unspecified atom stereocenters. The Morgan fingerprint density at radius 1 is 1.03 bits per heavy atom. The summed E-state index contributed by atoms with van der Waals surface area (Å²) in [6, 6.07) is 15.8. The van der Waals surface area contributed by atoms with Crippen LogP contribution in [0.2, 0.25) is 0 Å². The van der Waals surface area contributed by atoms with Crippen molar-refractivity contribution in [3.63, 3.8) is 0 Å². The first-order chi connectivity index (χ1) is 13.7. The van der Waals surface area contributed by atoms with Crippen LogP contribution in [-0.2, 0) is 16.3 Å². The van der Waals surface area contributed by atoms with Crippen LogP contribution in [0, 0.1) is 5.82 Å². The third-order valence-electron chi connectivity index (χ3n) is 4.10. The van der Waals surface area contributed by atoms with Gasteiger partial charge in [0.05, 0.1) is 11.4 Å². The number of halogens is 1. The van der Waals surface area contributed by atoms with Crippen molar-refractivity contribution < 1.29 is 22.3 Å². The third kappa shape index (κ3) is 5.86. The molecular weight excluding hydrogens is 395 g/mol. The average molecular weight is 414 g/mol. The van der Waals surface area contributed by atoms with E-state index in [1.807, 2.05) is 0 Å². The van der Waals surface area contributed by atoms with E-state index in [1.54, 1.807) is 30.3 Å². The normalized spacial score (nSPS) is 11.2. The number of aromatic nitrogens is 1. The van der Waals surface area contributed by atoms with E-state index in [0.29, 0.717) is 28.3 Å². The Labute approximate surface area is 168 Å². The molecular formula is C21H19FN2O4S. The second-order valence-corrected chi connectivity index (χ2v) is 8.83. The van der Waals surface area contributed by atoms with Crippen molar-refractivity contribution in [2.75, 3.05) is 12.0 Å². The van der Waals surface area contributed by atoms with E-state index in [-0.39, 0.29) is 23.7 Å². The summed E-state index contributed by atoms with van der Waals surface area (Å²) in [5.41, 5.74) is 7.29. The summed E-state index contributed by atoms with van der Waals surface area (Å²) in [6.45, 7) is 0. The summed E-state index contributed by atoms with van der Waals surface area (Å²) in [4.78, 5) is 15.9. The molecule has 0 saturated heterocycles. The van der Waals surface area contributed by atoms with Gasteiger partial charge in [-0.25, -0.2) is 17.8 Å². The fourth-order valence-electron chi connectivity index (χ4n) is 2.64. The summed E-state index contributed by atoms with van der Waals surface area (Å²) < 4.78 is 41.5. The van der Waals surface area contributed by atoms with Crippen molar-refractivity contribution >= 4 is 15.7 Å². The van der Waals surface area contributed by atoms with Crippen molar-refractivity contribution in [2.45, 2.75) is 6.42 Å². The van der Waals surface area contributed by atoms with Gasteiger partial charge in [0.1, 0.15) is 32.8 Å². The summed E-state index contributed by atoms with van der Waals surface area (Å²) in [7, 11) is -3.15. The van der Waals surface area contributed by atoms with Crippen LogP contribution >= 0.6 is 0 Å². The Morgan fingerprint density at radius 2 is 1.62 bits per heavy atom. The molecule has 0 aliphatic carbocycles. The average Bonchev–Trinajstić information content (AvgIpc) is 2.68. The zero-order valence-corrected chi connectivity index (χ0v) is 16.4. The number of carbonyl (C=O) groups is 1. The molecule has 0 aliphatic heterocycles. The summed E-state index contributed by atoms with van der Waals surface area (Å²) in [6.07, 6.45) is 1.41. The maximum absolute atomic E-state index is 13.0. The van der Waals surface area contributed by atoms with Crippen LogP contribution in [0.25, 0.3) is 11.3 Å². The number of primary amides is 1. The lowest BCUT2D eigenvalue weighted by Gasteiger charge is -2.09. The highest BCUT2D eigenvalue weighted by molar-refractivity contribution is 7.90. The van der Waals surface area contributed by atoms with Crippen LogP contribution in [0.1, 0.15) is 16.1 Å². The van der Waals surface area contributed by atoms with E-state index in [4.69, 9.17) is 10.5 Å². The van der Waals surface area contributed by atoms with Crippen LogP contribution in [0.3, 0.4) is 0 Å². The zero-order chi connectivity index (χ0) is 21.0. The quantitative estimate of drug-likeness (QED) is 0.639. The van der Waals surface area contributed by atoms with Crippen molar-refractivity contribution in [3.05, 3.63) is 77.7 Å². The summed E-state index contributed by atoms with van der Waals surface area (Å²) in [5, 5.41) is 0. The molecule has 2 N–H and O–H groups in total. The highest BCUT2D eigenvalue weighted by atomic mass is 32.2. The van der Waals surface area contributed by atoms with Crippen molar-refractivity contribution in [3.8, 4) is 22.8 Å². The fraction of sp³-hybridized carbons (Fsp3) is 0.143. The first-order valence-electron chi connectivity index (χ1n) is 8.72. The van der Waals surface area contributed by atoms with Gasteiger partial charge in [-0.1, -0.05) is 0 Å². The Hall–Kier alpha value is -3.26. The molecule has 6 nitrogen and oxygen atoms in total. The van der Waals surface area contributed by atoms with E-state index in [1.165, 1.54) is 30.3 Å². The van der Waals surface area contributed by atoms with Crippen LogP contribution in [0.15, 0.2) is 60.7 Å². The van der Waals surface area contributed by atoms with Gasteiger partial charge in [-0.05, 0) is 72.6 Å². The highest BCUT2D eigenvalue weighted by Gasteiger charge is 2.11. The van der Waals surface area contributed by atoms with Crippen LogP contribution < -0.4 is 10.5 Å². The number of carbonyl (C=O) groups excluding carboxylic acids is 1. The molecule has 8 heteroatoms. The van der Waals surface area contributed by atoms with Gasteiger partial charge in [0.2, 0.25) is 0 Å². The number of sulfone groups is 1. The number of aryl methyl sites for hydroxylation is 1. The summed E-state index contributed by atoms with van der Waals surface area (Å²) in [5.74, 6) is -0.0395. The molecule has 29 heavy (non-hydrogen) atoms. The van der Waals surface area contributed by atoms with Crippen molar-refractivity contribution in [1.29, 1.82) is 0 Å². The highest BCUT2D eigenvalue weighted by Crippen LogP contribution is 2.26. The number of hydrogen-bond donors (Lipinski definition) is 1. The number of hydrogen-bond acceptors (Lipinski definition) is 5. The van der Waals surface area contributed by atoms with Gasteiger partial charge < -0.3 is 10.5 Å². The van der Waals surface area contributed by atoms with E-state index in [2.05, 4.69) is 4.98 Å². The van der Waals surface area contributed by atoms with E-state index < -0.39 is 15.7 Å². The number of rotatable bonds is 7. The minimum Gasteiger partial charge on any atom is -0.457 e.